The van der Waals surface area contributed by atoms with Crippen LogP contribution in [-0.2, 0) is 16.1 Å². The third-order valence-corrected chi connectivity index (χ3v) is 7.53. The molecule has 31 heavy (non-hydrogen) atoms. The number of allylic oxidation sites excluding steroid dienone is 1. The summed E-state index contributed by atoms with van der Waals surface area (Å²) in [5.74, 6) is -2.41. The molecular weight excluding hydrogens is 411 g/mol. The van der Waals surface area contributed by atoms with Crippen LogP contribution in [0, 0.1) is 35.2 Å². The molecular formula is C22H20F3N3O3. The SMILES string of the molecule is O=C(NCc1c(F)cc(F)cc1F)C1=CN2C[C@@H]3[C@@H]4C[C@@H]([C@H]5C[C@@H]45)N3C(=O)C2=C(O)C1. The summed E-state index contributed by atoms with van der Waals surface area (Å²) in [5.41, 5.74) is -0.0394. The lowest BCUT2D eigenvalue weighted by atomic mass is 9.92. The molecule has 0 radical (unpaired) electrons. The van der Waals surface area contributed by atoms with E-state index in [1.54, 1.807) is 11.1 Å². The number of aliphatic hydroxyl groups excluding tert-OH is 1. The second-order valence-electron chi connectivity index (χ2n) is 9.12. The summed E-state index contributed by atoms with van der Waals surface area (Å²) in [7, 11) is 0. The third kappa shape index (κ3) is 2.64. The predicted octanol–water partition coefficient (Wildman–Crippen LogP) is 2.33. The number of amides is 2. The molecule has 3 heterocycles. The minimum absolute atomic E-state index is 0.0823. The van der Waals surface area contributed by atoms with Crippen LogP contribution in [0.4, 0.5) is 13.2 Å². The molecule has 4 fully saturated rings. The summed E-state index contributed by atoms with van der Waals surface area (Å²) in [5, 5.41) is 13.0. The highest BCUT2D eigenvalue weighted by Gasteiger charge is 2.67. The van der Waals surface area contributed by atoms with Crippen LogP contribution in [0.2, 0.25) is 0 Å². The van der Waals surface area contributed by atoms with Crippen molar-refractivity contribution in [2.24, 2.45) is 17.8 Å². The van der Waals surface area contributed by atoms with E-state index in [2.05, 4.69) is 5.32 Å². The Labute approximate surface area is 176 Å². The molecule has 6 rings (SSSR count). The Morgan fingerprint density at radius 3 is 2.55 bits per heavy atom. The highest BCUT2D eigenvalue weighted by Crippen LogP contribution is 2.64. The first-order valence-corrected chi connectivity index (χ1v) is 10.5. The fourth-order valence-electron chi connectivity index (χ4n) is 6.14. The van der Waals surface area contributed by atoms with Gasteiger partial charge in [-0.05, 0) is 30.6 Å². The molecule has 2 amide bonds. The van der Waals surface area contributed by atoms with E-state index in [1.165, 1.54) is 6.42 Å². The van der Waals surface area contributed by atoms with E-state index in [0.29, 0.717) is 36.4 Å². The van der Waals surface area contributed by atoms with Gasteiger partial charge < -0.3 is 20.2 Å². The third-order valence-electron chi connectivity index (χ3n) is 7.53. The predicted molar refractivity (Wildman–Crippen MR) is 101 cm³/mol. The van der Waals surface area contributed by atoms with Crippen molar-refractivity contribution in [3.8, 4) is 0 Å². The average molecular weight is 431 g/mol. The van der Waals surface area contributed by atoms with E-state index in [4.69, 9.17) is 0 Å². The maximum atomic E-state index is 13.8. The van der Waals surface area contributed by atoms with Gasteiger partial charge in [-0.15, -0.1) is 0 Å². The molecule has 2 saturated heterocycles. The van der Waals surface area contributed by atoms with Gasteiger partial charge in [0.1, 0.15) is 28.9 Å². The summed E-state index contributed by atoms with van der Waals surface area (Å²) in [6, 6.07) is 1.45. The van der Waals surface area contributed by atoms with Gasteiger partial charge in [0.2, 0.25) is 5.91 Å². The number of nitrogens with one attached hydrogen (secondary N) is 1. The minimum Gasteiger partial charge on any atom is -0.510 e. The average Bonchev–Trinajstić information content (AvgIpc) is 3.31. The lowest BCUT2D eigenvalue weighted by molar-refractivity contribution is -0.137. The number of aliphatic hydroxyl groups is 1. The van der Waals surface area contributed by atoms with Gasteiger partial charge >= 0.3 is 0 Å². The Bertz CT molecular complexity index is 1080. The van der Waals surface area contributed by atoms with Crippen molar-refractivity contribution in [3.63, 3.8) is 0 Å². The van der Waals surface area contributed by atoms with Crippen LogP contribution >= 0.6 is 0 Å². The number of piperidine rings is 1. The maximum absolute atomic E-state index is 13.8. The topological polar surface area (TPSA) is 72.9 Å². The molecule has 2 bridgehead atoms. The van der Waals surface area contributed by atoms with Crippen molar-refractivity contribution >= 4 is 11.8 Å². The molecule has 9 heteroatoms. The van der Waals surface area contributed by atoms with Gasteiger partial charge in [0.15, 0.2) is 0 Å². The van der Waals surface area contributed by atoms with E-state index in [0.717, 1.165) is 6.42 Å². The van der Waals surface area contributed by atoms with Crippen LogP contribution in [0.3, 0.4) is 0 Å². The normalized spacial score (nSPS) is 32.5. The summed E-state index contributed by atoms with van der Waals surface area (Å²) in [4.78, 5) is 29.3. The smallest absolute Gasteiger partial charge is 0.274 e. The van der Waals surface area contributed by atoms with E-state index in [-0.39, 0.29) is 41.4 Å². The number of rotatable bonds is 3. The Balaban J connectivity index is 1.21. The van der Waals surface area contributed by atoms with Crippen LogP contribution in [0.25, 0.3) is 0 Å². The molecule has 2 aliphatic carbocycles. The minimum atomic E-state index is -1.09. The Hall–Kier alpha value is -2.97. The largest absolute Gasteiger partial charge is 0.510 e. The second kappa shape index (κ2) is 6.27. The molecule has 2 saturated carbocycles. The number of piperazine rings is 1. The summed E-state index contributed by atoms with van der Waals surface area (Å²) in [6.45, 7) is 0.0567. The first-order valence-electron chi connectivity index (χ1n) is 10.5. The molecule has 162 valence electrons. The van der Waals surface area contributed by atoms with Gasteiger partial charge in [0.05, 0.1) is 6.04 Å². The van der Waals surface area contributed by atoms with Crippen molar-refractivity contribution in [1.82, 2.24) is 15.1 Å². The molecule has 5 atom stereocenters. The number of carbonyl (C=O) groups excluding carboxylic acids is 2. The van der Waals surface area contributed by atoms with Crippen LogP contribution in [-0.4, -0.2) is 45.3 Å². The van der Waals surface area contributed by atoms with Crippen LogP contribution < -0.4 is 5.32 Å². The molecule has 2 N–H and O–H groups in total. The number of benzene rings is 1. The summed E-state index contributed by atoms with van der Waals surface area (Å²) >= 11 is 0. The molecule has 1 aromatic carbocycles. The van der Waals surface area contributed by atoms with Crippen LogP contribution in [0.1, 0.15) is 24.8 Å². The van der Waals surface area contributed by atoms with E-state index >= 15 is 0 Å². The van der Waals surface area contributed by atoms with E-state index < -0.39 is 35.5 Å². The molecule has 6 nitrogen and oxygen atoms in total. The second-order valence-corrected chi connectivity index (χ2v) is 9.12. The van der Waals surface area contributed by atoms with E-state index in [1.807, 2.05) is 4.90 Å². The zero-order chi connectivity index (χ0) is 21.6. The van der Waals surface area contributed by atoms with Crippen molar-refractivity contribution in [3.05, 3.63) is 58.4 Å². The number of carbonyl (C=O) groups is 2. The van der Waals surface area contributed by atoms with Gasteiger partial charge in [-0.3, -0.25) is 9.59 Å². The van der Waals surface area contributed by atoms with Gasteiger partial charge in [-0.1, -0.05) is 0 Å². The van der Waals surface area contributed by atoms with Crippen LogP contribution in [0.5, 0.6) is 0 Å². The fourth-order valence-corrected chi connectivity index (χ4v) is 6.14. The standard InChI is InChI=1S/C22H20F3N3O3/c23-10-2-15(24)14(16(25)3-10)6-26-21(30)9-1-19(29)20-22(31)28-17-5-13(11-4-12(11)17)18(28)8-27(20)7-9/h2-3,7,11-13,17-18,29H,1,4-6,8H2,(H,26,30)/t11-,12+,13-,17+,18-/m1/s1. The highest BCUT2D eigenvalue weighted by atomic mass is 19.1. The van der Waals surface area contributed by atoms with Gasteiger partial charge in [0.25, 0.3) is 5.91 Å². The summed E-state index contributed by atoms with van der Waals surface area (Å²) in [6.07, 6.45) is 3.59. The van der Waals surface area contributed by atoms with Gasteiger partial charge in [-0.25, -0.2) is 13.2 Å². The zero-order valence-electron chi connectivity index (χ0n) is 16.4. The molecule has 3 aliphatic heterocycles. The van der Waals surface area contributed by atoms with Crippen molar-refractivity contribution < 1.29 is 27.9 Å². The Morgan fingerprint density at radius 2 is 1.81 bits per heavy atom. The molecule has 1 aromatic rings. The lowest BCUT2D eigenvalue weighted by Crippen LogP contribution is -2.57. The number of hydrogen-bond donors (Lipinski definition) is 2. The van der Waals surface area contributed by atoms with Gasteiger partial charge in [-0.2, -0.15) is 0 Å². The Kier molecular flexibility index (Phi) is 3.80. The quantitative estimate of drug-likeness (QED) is 0.771. The maximum Gasteiger partial charge on any atom is 0.274 e. The zero-order valence-corrected chi connectivity index (χ0v) is 16.4. The molecule has 0 aromatic heterocycles. The van der Waals surface area contributed by atoms with Gasteiger partial charge in [0, 0.05) is 55.0 Å². The lowest BCUT2D eigenvalue weighted by Gasteiger charge is -2.45. The van der Waals surface area contributed by atoms with Crippen molar-refractivity contribution in [1.29, 1.82) is 0 Å². The first kappa shape index (κ1) is 18.8. The molecule has 5 aliphatic rings. The molecule has 0 unspecified atom stereocenters. The number of halogens is 3. The number of hydrogen-bond acceptors (Lipinski definition) is 4. The van der Waals surface area contributed by atoms with Crippen LogP contribution in [0.15, 0.2) is 35.4 Å². The van der Waals surface area contributed by atoms with E-state index in [9.17, 15) is 27.9 Å². The number of fused-ring (bicyclic) bond motifs is 9. The highest BCUT2D eigenvalue weighted by molar-refractivity contribution is 5.98. The van der Waals surface area contributed by atoms with Crippen molar-refractivity contribution in [2.45, 2.75) is 37.9 Å². The number of nitrogens with zero attached hydrogens (tertiary/aromatic N) is 2. The fraction of sp³-hybridized carbons (Fsp3) is 0.455. The Morgan fingerprint density at radius 1 is 1.10 bits per heavy atom. The summed E-state index contributed by atoms with van der Waals surface area (Å²) < 4.78 is 40.7. The van der Waals surface area contributed by atoms with Crippen molar-refractivity contribution in [2.75, 3.05) is 6.54 Å². The monoisotopic (exact) mass is 431 g/mol. The first-order chi connectivity index (χ1) is 14.8. The molecule has 0 spiro atoms.